The maximum atomic E-state index is 12.7. The van der Waals surface area contributed by atoms with E-state index in [-0.39, 0.29) is 29.5 Å². The molecule has 0 radical (unpaired) electrons. The Labute approximate surface area is 199 Å². The summed E-state index contributed by atoms with van der Waals surface area (Å²) in [6.45, 7) is 8.81. The van der Waals surface area contributed by atoms with Crippen molar-refractivity contribution < 1.29 is 9.59 Å². The zero-order valence-corrected chi connectivity index (χ0v) is 20.4. The van der Waals surface area contributed by atoms with Crippen molar-refractivity contribution in [3.05, 3.63) is 71.5 Å². The minimum absolute atomic E-state index is 0.103. The second kappa shape index (κ2) is 11.7. The van der Waals surface area contributed by atoms with Gasteiger partial charge in [-0.25, -0.2) is 0 Å². The van der Waals surface area contributed by atoms with Crippen LogP contribution in [0.25, 0.3) is 0 Å². The van der Waals surface area contributed by atoms with Gasteiger partial charge in [-0.05, 0) is 49.1 Å². The summed E-state index contributed by atoms with van der Waals surface area (Å²) in [4.78, 5) is 25.2. The first-order valence-corrected chi connectivity index (χ1v) is 12.2. The fourth-order valence-electron chi connectivity index (χ4n) is 3.43. The van der Waals surface area contributed by atoms with E-state index in [4.69, 9.17) is 0 Å². The van der Waals surface area contributed by atoms with Gasteiger partial charge in [-0.1, -0.05) is 62.9 Å². The highest BCUT2D eigenvalue weighted by molar-refractivity contribution is 7.99. The van der Waals surface area contributed by atoms with Crippen molar-refractivity contribution in [3.8, 4) is 0 Å². The van der Waals surface area contributed by atoms with Crippen LogP contribution in [0, 0.1) is 5.92 Å². The van der Waals surface area contributed by atoms with Crippen molar-refractivity contribution in [2.45, 2.75) is 51.9 Å². The average Bonchev–Trinajstić information content (AvgIpc) is 3.24. The number of amides is 2. The summed E-state index contributed by atoms with van der Waals surface area (Å²) < 4.78 is 1.96. The van der Waals surface area contributed by atoms with Gasteiger partial charge < -0.3 is 15.2 Å². The lowest BCUT2D eigenvalue weighted by molar-refractivity contribution is -0.113. The largest absolute Gasteiger partial charge is 0.342 e. The molecule has 3 aromatic rings. The summed E-state index contributed by atoms with van der Waals surface area (Å²) in [6, 6.07) is 16.7. The molecule has 3 rings (SSSR count). The van der Waals surface area contributed by atoms with E-state index < -0.39 is 0 Å². The summed E-state index contributed by atoms with van der Waals surface area (Å²) in [7, 11) is 0. The van der Waals surface area contributed by atoms with E-state index >= 15 is 0 Å². The van der Waals surface area contributed by atoms with Crippen LogP contribution in [-0.2, 0) is 17.8 Å². The molecule has 2 aromatic carbocycles. The smallest absolute Gasteiger partial charge is 0.251 e. The lowest BCUT2D eigenvalue weighted by Gasteiger charge is -2.22. The summed E-state index contributed by atoms with van der Waals surface area (Å²) in [5.41, 5.74) is 2.60. The van der Waals surface area contributed by atoms with E-state index in [0.717, 1.165) is 12.1 Å². The van der Waals surface area contributed by atoms with Gasteiger partial charge in [-0.2, -0.15) is 0 Å². The van der Waals surface area contributed by atoms with Gasteiger partial charge in [0.25, 0.3) is 5.91 Å². The van der Waals surface area contributed by atoms with Crippen molar-refractivity contribution in [1.29, 1.82) is 0 Å². The quantitative estimate of drug-likeness (QED) is 0.423. The van der Waals surface area contributed by atoms with Crippen molar-refractivity contribution in [2.24, 2.45) is 5.92 Å². The Hall–Kier alpha value is -3.13. The summed E-state index contributed by atoms with van der Waals surface area (Å²) in [6.07, 6.45) is 0.961. The van der Waals surface area contributed by atoms with Gasteiger partial charge in [0.1, 0.15) is 0 Å². The third-order valence-electron chi connectivity index (χ3n) is 5.31. The van der Waals surface area contributed by atoms with Crippen molar-refractivity contribution in [3.63, 3.8) is 0 Å². The predicted molar refractivity (Wildman–Crippen MR) is 132 cm³/mol. The number of carbonyl (C=O) groups is 2. The third-order valence-corrected chi connectivity index (χ3v) is 6.27. The molecule has 0 bridgehead atoms. The Bertz CT molecular complexity index is 1060. The molecular formula is C25H31N5O2S. The Morgan fingerprint density at radius 3 is 2.30 bits per heavy atom. The van der Waals surface area contributed by atoms with E-state index in [2.05, 4.69) is 27.8 Å². The molecular weight excluding hydrogens is 434 g/mol. The fourth-order valence-corrected chi connectivity index (χ4v) is 4.24. The van der Waals surface area contributed by atoms with Gasteiger partial charge in [0.2, 0.25) is 5.91 Å². The number of hydrogen-bond acceptors (Lipinski definition) is 5. The molecule has 0 aliphatic carbocycles. The fraction of sp³-hybridized carbons (Fsp3) is 0.360. The lowest BCUT2D eigenvalue weighted by Crippen LogP contribution is -2.33. The number of thioether (sulfide) groups is 1. The molecule has 7 nitrogen and oxygen atoms in total. The summed E-state index contributed by atoms with van der Waals surface area (Å²) in [5, 5.41) is 15.4. The average molecular weight is 466 g/mol. The van der Waals surface area contributed by atoms with E-state index in [1.165, 1.54) is 17.3 Å². The van der Waals surface area contributed by atoms with Crippen molar-refractivity contribution in [1.82, 2.24) is 20.1 Å². The Morgan fingerprint density at radius 2 is 1.70 bits per heavy atom. The minimum Gasteiger partial charge on any atom is -0.342 e. The van der Waals surface area contributed by atoms with Crippen LogP contribution in [0.3, 0.4) is 0 Å². The number of rotatable bonds is 10. The highest BCUT2D eigenvalue weighted by Gasteiger charge is 2.26. The van der Waals surface area contributed by atoms with Gasteiger partial charge in [0.05, 0.1) is 11.8 Å². The van der Waals surface area contributed by atoms with Gasteiger partial charge in [-0.3, -0.25) is 9.59 Å². The van der Waals surface area contributed by atoms with Crippen LogP contribution >= 0.6 is 11.8 Å². The molecule has 0 fully saturated rings. The van der Waals surface area contributed by atoms with Crippen LogP contribution in [0.1, 0.15) is 55.5 Å². The monoisotopic (exact) mass is 465 g/mol. The van der Waals surface area contributed by atoms with Crippen LogP contribution in [0.15, 0.2) is 59.8 Å². The summed E-state index contributed by atoms with van der Waals surface area (Å²) >= 11 is 1.34. The highest BCUT2D eigenvalue weighted by atomic mass is 32.2. The molecule has 33 heavy (non-hydrogen) atoms. The first kappa shape index (κ1) is 24.5. The number of carbonyl (C=O) groups excluding carboxylic acids is 2. The molecule has 1 heterocycles. The Morgan fingerprint density at radius 1 is 1.00 bits per heavy atom. The lowest BCUT2D eigenvalue weighted by atomic mass is 10.0. The van der Waals surface area contributed by atoms with Gasteiger partial charge in [0.15, 0.2) is 11.0 Å². The number of aryl methyl sites for hydroxylation is 1. The Balaban J connectivity index is 1.68. The minimum atomic E-state index is -0.301. The van der Waals surface area contributed by atoms with Crippen LogP contribution in [0.5, 0.6) is 0 Å². The highest BCUT2D eigenvalue weighted by Crippen LogP contribution is 2.25. The number of nitrogens with one attached hydrogen (secondary N) is 2. The number of aromatic nitrogens is 3. The SMILES string of the molecule is CCc1ccc(NC(=O)CSc2nnc([C@H](NC(=O)c3ccccc3)C(C)C)n2CC)cc1. The molecule has 0 aliphatic rings. The molecule has 0 aliphatic heterocycles. The molecule has 1 atom stereocenters. The molecule has 0 saturated carbocycles. The first-order chi connectivity index (χ1) is 15.9. The van der Waals surface area contributed by atoms with E-state index in [9.17, 15) is 9.59 Å². The topological polar surface area (TPSA) is 88.9 Å². The molecule has 2 amide bonds. The van der Waals surface area contributed by atoms with Gasteiger partial charge in [-0.15, -0.1) is 10.2 Å². The molecule has 1 aromatic heterocycles. The van der Waals surface area contributed by atoms with Gasteiger partial charge in [0, 0.05) is 17.8 Å². The van der Waals surface area contributed by atoms with Crippen molar-refractivity contribution >= 4 is 29.3 Å². The zero-order valence-electron chi connectivity index (χ0n) is 19.5. The van der Waals surface area contributed by atoms with Crippen LogP contribution in [0.2, 0.25) is 0 Å². The molecule has 0 spiro atoms. The maximum absolute atomic E-state index is 12.7. The maximum Gasteiger partial charge on any atom is 0.251 e. The van der Waals surface area contributed by atoms with E-state index in [0.29, 0.717) is 23.1 Å². The van der Waals surface area contributed by atoms with E-state index in [1.54, 1.807) is 12.1 Å². The molecule has 0 unspecified atom stereocenters. The molecule has 0 saturated heterocycles. The first-order valence-electron chi connectivity index (χ1n) is 11.2. The standard InChI is InChI=1S/C25H31N5O2S/c1-5-18-12-14-20(15-13-18)26-21(31)16-33-25-29-28-23(30(25)6-2)22(17(3)4)27-24(32)19-10-8-7-9-11-19/h7-15,17,22H,5-6,16H2,1-4H3,(H,26,31)(H,27,32)/t22-/m1/s1. The zero-order chi connectivity index (χ0) is 23.8. The van der Waals surface area contributed by atoms with Crippen LogP contribution in [-0.4, -0.2) is 32.3 Å². The van der Waals surface area contributed by atoms with Crippen LogP contribution < -0.4 is 10.6 Å². The Kier molecular flexibility index (Phi) is 8.65. The predicted octanol–water partition coefficient (Wildman–Crippen LogP) is 4.72. The second-order valence-electron chi connectivity index (χ2n) is 8.03. The van der Waals surface area contributed by atoms with E-state index in [1.807, 2.05) is 67.8 Å². The number of anilines is 1. The number of hydrogen-bond donors (Lipinski definition) is 2. The van der Waals surface area contributed by atoms with Gasteiger partial charge >= 0.3 is 0 Å². The van der Waals surface area contributed by atoms with Crippen LogP contribution in [0.4, 0.5) is 5.69 Å². The van der Waals surface area contributed by atoms with Crippen molar-refractivity contribution in [2.75, 3.05) is 11.1 Å². The molecule has 2 N–H and O–H groups in total. The normalized spacial score (nSPS) is 11.9. The molecule has 174 valence electrons. The number of nitrogens with zero attached hydrogens (tertiary/aromatic N) is 3. The number of benzene rings is 2. The third kappa shape index (κ3) is 6.44. The summed E-state index contributed by atoms with van der Waals surface area (Å²) in [5.74, 6) is 0.766. The second-order valence-corrected chi connectivity index (χ2v) is 8.98. The molecule has 8 heteroatoms.